The van der Waals surface area contributed by atoms with E-state index >= 15 is 0 Å². The molecule has 4 N–H and O–H groups in total. The van der Waals surface area contributed by atoms with Crippen LogP contribution in [-0.4, -0.2) is 108 Å². The van der Waals surface area contributed by atoms with E-state index in [2.05, 4.69) is 16.6 Å². The number of nitrogens with one attached hydrogen (secondary N) is 2. The predicted octanol–water partition coefficient (Wildman–Crippen LogP) is 2.22. The molecule has 5 rings (SSSR count). The molecule has 2 aliphatic carbocycles. The van der Waals surface area contributed by atoms with Crippen molar-refractivity contribution in [1.82, 2.24) is 24.7 Å². The summed E-state index contributed by atoms with van der Waals surface area (Å²) in [6.45, 7) is 8.11. The first-order valence-electron chi connectivity index (χ1n) is 18.3. The van der Waals surface area contributed by atoms with Crippen molar-refractivity contribution < 1.29 is 51.0 Å². The van der Waals surface area contributed by atoms with Crippen LogP contribution >= 0.6 is 0 Å². The first kappa shape index (κ1) is 41.2. The van der Waals surface area contributed by atoms with Gasteiger partial charge in [-0.3, -0.25) is 28.8 Å². The van der Waals surface area contributed by atoms with Gasteiger partial charge in [0.25, 0.3) is 0 Å². The summed E-state index contributed by atoms with van der Waals surface area (Å²) in [5, 5.41) is 2.03. The molecule has 6 amide bonds. The summed E-state index contributed by atoms with van der Waals surface area (Å²) < 4.78 is 51.7. The lowest BCUT2D eigenvalue weighted by Crippen LogP contribution is -2.57. The Morgan fingerprint density at radius 1 is 1.13 bits per heavy atom. The van der Waals surface area contributed by atoms with Crippen LogP contribution in [0.5, 0.6) is 0 Å². The van der Waals surface area contributed by atoms with E-state index in [4.69, 9.17) is 15.2 Å². The van der Waals surface area contributed by atoms with Crippen molar-refractivity contribution in [3.8, 4) is 0 Å². The van der Waals surface area contributed by atoms with Gasteiger partial charge in [0.05, 0.1) is 24.9 Å². The molecule has 4 aliphatic rings. The van der Waals surface area contributed by atoms with E-state index in [-0.39, 0.29) is 45.1 Å². The largest absolute Gasteiger partial charge is 0.444 e. The van der Waals surface area contributed by atoms with Gasteiger partial charge in [0.15, 0.2) is 0 Å². The van der Waals surface area contributed by atoms with E-state index in [9.17, 15) is 41.6 Å². The zero-order valence-electron chi connectivity index (χ0n) is 31.2. The van der Waals surface area contributed by atoms with Gasteiger partial charge in [-0.1, -0.05) is 30.9 Å². The molecule has 55 heavy (non-hydrogen) atoms. The van der Waals surface area contributed by atoms with E-state index in [1.165, 1.54) is 15.9 Å². The highest BCUT2D eigenvalue weighted by atomic mass is 32.2. The fraction of sp³-hybridized carbons (Fsp3) is 0.568. The summed E-state index contributed by atoms with van der Waals surface area (Å²) in [5.41, 5.74) is 5.77. The van der Waals surface area contributed by atoms with Crippen molar-refractivity contribution in [2.45, 2.75) is 101 Å². The third kappa shape index (κ3) is 10.8. The molecule has 1 saturated heterocycles. The quantitative estimate of drug-likeness (QED) is 0.134. The SMILES string of the molecule is C=CC(=O)N(CCC/C=C\[C@@H]1C[C@@H]1C(=O)NS(=O)(=O)C1CC1)C[C@H](NC(=O)OC(C)(C)C)C(=O)N1CC(OC(=O)N2Cc3cccc(F)c3C2)CC1C(N)=O. The Bertz CT molecular complexity index is 1840. The van der Waals surface area contributed by atoms with E-state index in [0.717, 1.165) is 11.0 Å². The molecule has 0 spiro atoms. The molecule has 16 nitrogen and oxygen atoms in total. The van der Waals surface area contributed by atoms with Gasteiger partial charge in [-0.25, -0.2) is 22.4 Å². The number of allylic oxidation sites excluding steroid dienone is 2. The number of ether oxygens (including phenoxy) is 2. The molecule has 18 heteroatoms. The van der Waals surface area contributed by atoms with Crippen LogP contribution in [0.2, 0.25) is 0 Å². The minimum Gasteiger partial charge on any atom is -0.444 e. The average Bonchev–Trinajstić information content (AvgIpc) is 4.02. The molecule has 5 atom stereocenters. The van der Waals surface area contributed by atoms with Gasteiger partial charge in [-0.05, 0) is 76.5 Å². The lowest BCUT2D eigenvalue weighted by Gasteiger charge is -2.32. The third-order valence-electron chi connectivity index (χ3n) is 9.77. The molecule has 2 aliphatic heterocycles. The Morgan fingerprint density at radius 2 is 1.85 bits per heavy atom. The van der Waals surface area contributed by atoms with Crippen LogP contribution in [0.3, 0.4) is 0 Å². The number of fused-ring (bicyclic) bond motifs is 1. The number of halogens is 1. The maximum atomic E-state index is 14.3. The van der Waals surface area contributed by atoms with Crippen molar-refractivity contribution >= 4 is 45.8 Å². The summed E-state index contributed by atoms with van der Waals surface area (Å²) in [6, 6.07) is 1.93. The molecule has 2 heterocycles. The van der Waals surface area contributed by atoms with Crippen LogP contribution in [0, 0.1) is 17.7 Å². The number of primary amides is 1. The van der Waals surface area contributed by atoms with Crippen molar-refractivity contribution in [2.75, 3.05) is 19.6 Å². The summed E-state index contributed by atoms with van der Waals surface area (Å²) in [6.07, 6.45) is 4.47. The van der Waals surface area contributed by atoms with Crippen molar-refractivity contribution in [1.29, 1.82) is 0 Å². The zero-order chi connectivity index (χ0) is 40.2. The highest BCUT2D eigenvalue weighted by Crippen LogP contribution is 2.40. The molecule has 0 bridgehead atoms. The monoisotopic (exact) mass is 788 g/mol. The molecular weight excluding hydrogens is 740 g/mol. The van der Waals surface area contributed by atoms with Gasteiger partial charge < -0.3 is 30.3 Å². The number of carbonyl (C=O) groups is 6. The number of carbonyl (C=O) groups excluding carboxylic acids is 6. The highest BCUT2D eigenvalue weighted by molar-refractivity contribution is 7.90. The number of likely N-dealkylation sites (tertiary alicyclic amines) is 1. The smallest absolute Gasteiger partial charge is 0.410 e. The van der Waals surface area contributed by atoms with Crippen molar-refractivity contribution in [3.63, 3.8) is 0 Å². The molecule has 2 saturated carbocycles. The molecule has 1 aromatic rings. The lowest BCUT2D eigenvalue weighted by molar-refractivity contribution is -0.140. The maximum absolute atomic E-state index is 14.3. The number of rotatable bonds is 15. The predicted molar refractivity (Wildman–Crippen MR) is 195 cm³/mol. The van der Waals surface area contributed by atoms with Crippen LogP contribution in [-0.2, 0) is 51.8 Å². The summed E-state index contributed by atoms with van der Waals surface area (Å²) in [7, 11) is -3.62. The Kier molecular flexibility index (Phi) is 12.6. The number of hydrogen-bond acceptors (Lipinski definition) is 10. The number of nitrogens with zero attached hydrogens (tertiary/aromatic N) is 3. The number of unbranched alkanes of at least 4 members (excludes halogenated alkanes) is 1. The number of sulfonamides is 1. The van der Waals surface area contributed by atoms with E-state index < -0.39 is 86.6 Å². The van der Waals surface area contributed by atoms with Crippen molar-refractivity contribution in [2.24, 2.45) is 17.6 Å². The van der Waals surface area contributed by atoms with Gasteiger partial charge in [0, 0.05) is 31.0 Å². The Hall–Kier alpha value is -5.00. The normalized spacial score (nSPS) is 22.4. The average molecular weight is 789 g/mol. The Labute approximate surface area is 319 Å². The number of hydrogen-bond donors (Lipinski definition) is 3. The van der Waals surface area contributed by atoms with Gasteiger partial charge >= 0.3 is 12.2 Å². The van der Waals surface area contributed by atoms with Crippen LogP contribution in [0.15, 0.2) is 43.0 Å². The van der Waals surface area contributed by atoms with E-state index in [1.807, 2.05) is 12.2 Å². The lowest BCUT2D eigenvalue weighted by atomic mass is 10.1. The fourth-order valence-electron chi connectivity index (χ4n) is 6.68. The molecule has 3 fully saturated rings. The van der Waals surface area contributed by atoms with Crippen LogP contribution in [0.4, 0.5) is 14.0 Å². The molecular formula is C37H49FN6O10S. The third-order valence-corrected chi connectivity index (χ3v) is 11.6. The van der Waals surface area contributed by atoms with Gasteiger partial charge in [-0.2, -0.15) is 0 Å². The van der Waals surface area contributed by atoms with Crippen LogP contribution < -0.4 is 15.8 Å². The van der Waals surface area contributed by atoms with Gasteiger partial charge in [0.1, 0.15) is 29.6 Å². The second-order valence-corrected chi connectivity index (χ2v) is 17.3. The molecule has 300 valence electrons. The zero-order valence-corrected chi connectivity index (χ0v) is 32.0. The summed E-state index contributed by atoms with van der Waals surface area (Å²) >= 11 is 0. The second kappa shape index (κ2) is 16.8. The first-order chi connectivity index (χ1) is 25.9. The topological polar surface area (TPSA) is 215 Å². The van der Waals surface area contributed by atoms with Crippen LogP contribution in [0.1, 0.15) is 70.4 Å². The summed E-state index contributed by atoms with van der Waals surface area (Å²) in [5.74, 6) is -3.65. The fourth-order valence-corrected chi connectivity index (χ4v) is 8.03. The van der Waals surface area contributed by atoms with Gasteiger partial charge in [0.2, 0.25) is 33.7 Å². The molecule has 2 unspecified atom stereocenters. The van der Waals surface area contributed by atoms with E-state index in [0.29, 0.717) is 43.2 Å². The molecule has 1 aromatic carbocycles. The number of amides is 6. The van der Waals surface area contributed by atoms with Crippen LogP contribution in [0.25, 0.3) is 0 Å². The number of benzene rings is 1. The molecule has 0 radical (unpaired) electrons. The minimum absolute atomic E-state index is 0.00861. The maximum Gasteiger partial charge on any atom is 0.410 e. The number of nitrogens with two attached hydrogens (primary N) is 1. The summed E-state index contributed by atoms with van der Waals surface area (Å²) in [4.78, 5) is 81.9. The first-order valence-corrected chi connectivity index (χ1v) is 19.9. The number of alkyl carbamates (subject to hydrolysis) is 1. The van der Waals surface area contributed by atoms with E-state index in [1.54, 1.807) is 32.9 Å². The minimum atomic E-state index is -3.62. The van der Waals surface area contributed by atoms with Crippen molar-refractivity contribution in [3.05, 3.63) is 60.0 Å². The Morgan fingerprint density at radius 3 is 2.49 bits per heavy atom. The molecule has 0 aromatic heterocycles. The second-order valence-electron chi connectivity index (χ2n) is 15.4. The standard InChI is InChI=1S/C37H49FN6O10S/c1-5-31(45)42(15-8-6-7-10-22-16-26(22)33(47)41-55(51,52)25-13-14-25)21-29(40-35(49)54-37(2,3)4)34(48)44-19-24(17-30(44)32(39)46)53-36(50)43-18-23-11-9-12-28(38)27(23)20-43/h5,7,9-12,22,24-26,29-30H,1,6,8,13-21H2,2-4H3,(H2,39,46)(H,40,49)(H,41,47)/b10-7-/t22-,24?,26+,29+,30?/m1/s1. The Balaban J connectivity index is 1.21. The highest BCUT2D eigenvalue weighted by Gasteiger charge is 2.46. The van der Waals surface area contributed by atoms with Gasteiger partial charge in [-0.15, -0.1) is 0 Å².